The molecule has 1 rings (SSSR count). The highest BCUT2D eigenvalue weighted by atomic mass is 79.9. The predicted molar refractivity (Wildman–Crippen MR) is 50.1 cm³/mol. The summed E-state index contributed by atoms with van der Waals surface area (Å²) in [5, 5.41) is 0. The summed E-state index contributed by atoms with van der Waals surface area (Å²) >= 11 is 15.5. The van der Waals surface area contributed by atoms with Gasteiger partial charge in [0.25, 0.3) is 0 Å². The number of rotatable bonds is 1. The first-order valence-corrected chi connectivity index (χ1v) is 5.01. The molecule has 0 spiro atoms. The Balaban J connectivity index is 2.72. The number of hydrogen-bond donors (Lipinski definition) is 0. The Bertz CT molecular complexity index is 138. The van der Waals surface area contributed by atoms with E-state index >= 15 is 0 Å². The third kappa shape index (κ3) is 1.02. The molecule has 1 saturated carbocycles. The van der Waals surface area contributed by atoms with Crippen LogP contribution in [0.15, 0.2) is 0 Å². The Labute approximate surface area is 80.4 Å². The average molecular weight is 246 g/mol. The van der Waals surface area contributed by atoms with Crippen LogP contribution in [-0.2, 0) is 0 Å². The van der Waals surface area contributed by atoms with Gasteiger partial charge < -0.3 is 0 Å². The van der Waals surface area contributed by atoms with E-state index in [0.717, 1.165) is 0 Å². The van der Waals surface area contributed by atoms with Gasteiger partial charge in [0, 0.05) is 16.2 Å². The van der Waals surface area contributed by atoms with E-state index in [9.17, 15) is 0 Å². The fraction of sp³-hybridized carbons (Fsp3) is 1.00. The smallest absolute Gasteiger partial charge is 0.101 e. The first kappa shape index (κ1) is 9.15. The lowest BCUT2D eigenvalue weighted by molar-refractivity contribution is 0.557. The van der Waals surface area contributed by atoms with Crippen molar-refractivity contribution in [2.45, 2.75) is 29.9 Å². The van der Waals surface area contributed by atoms with E-state index in [4.69, 9.17) is 23.2 Å². The van der Waals surface area contributed by atoms with Crippen molar-refractivity contribution in [1.82, 2.24) is 0 Å². The second-order valence-electron chi connectivity index (χ2n) is 3.50. The van der Waals surface area contributed by atoms with Gasteiger partial charge in [0.2, 0.25) is 0 Å². The lowest BCUT2D eigenvalue weighted by Crippen LogP contribution is -2.00. The van der Waals surface area contributed by atoms with Gasteiger partial charge >= 0.3 is 0 Å². The first-order chi connectivity index (χ1) is 4.32. The highest BCUT2D eigenvalue weighted by Gasteiger charge is 2.71. The molecule has 1 aliphatic rings. The molecule has 0 saturated heterocycles. The molecule has 0 nitrogen and oxygen atoms in total. The molecule has 1 fully saturated rings. The van der Waals surface area contributed by atoms with Gasteiger partial charge in [-0.2, -0.15) is 0 Å². The molecule has 10 heavy (non-hydrogen) atoms. The van der Waals surface area contributed by atoms with E-state index in [1.54, 1.807) is 0 Å². The molecule has 0 aromatic rings. The molecule has 3 heteroatoms. The molecule has 0 N–H and O–H groups in total. The minimum atomic E-state index is -0.518. The molecule has 0 bridgehead atoms. The largest absolute Gasteiger partial charge is 0.128 e. The summed E-state index contributed by atoms with van der Waals surface area (Å²) in [6, 6.07) is 0. The molecule has 60 valence electrons. The first-order valence-electron chi connectivity index (χ1n) is 3.33. The van der Waals surface area contributed by atoms with Crippen molar-refractivity contribution in [1.29, 1.82) is 0 Å². The van der Waals surface area contributed by atoms with Crippen molar-refractivity contribution in [3.05, 3.63) is 0 Å². The van der Waals surface area contributed by atoms with Gasteiger partial charge in [-0.3, -0.25) is 0 Å². The van der Waals surface area contributed by atoms with Crippen LogP contribution in [0.1, 0.15) is 20.8 Å². The fourth-order valence-corrected chi connectivity index (χ4v) is 3.97. The molecule has 0 amide bonds. The van der Waals surface area contributed by atoms with E-state index < -0.39 is 4.33 Å². The zero-order valence-electron chi connectivity index (χ0n) is 6.29. The van der Waals surface area contributed by atoms with Crippen LogP contribution in [0.25, 0.3) is 0 Å². The van der Waals surface area contributed by atoms with Gasteiger partial charge in [-0.25, -0.2) is 0 Å². The third-order valence-electron chi connectivity index (χ3n) is 2.40. The molecule has 1 aliphatic carbocycles. The van der Waals surface area contributed by atoms with Gasteiger partial charge in [0.05, 0.1) is 0 Å². The van der Waals surface area contributed by atoms with E-state index in [2.05, 4.69) is 36.7 Å². The van der Waals surface area contributed by atoms with E-state index in [1.165, 1.54) is 0 Å². The van der Waals surface area contributed by atoms with Crippen LogP contribution in [-0.4, -0.2) is 9.16 Å². The van der Waals surface area contributed by atoms with Gasteiger partial charge in [-0.1, -0.05) is 36.7 Å². The van der Waals surface area contributed by atoms with Crippen molar-refractivity contribution in [2.24, 2.45) is 11.3 Å². The number of halogens is 3. The van der Waals surface area contributed by atoms with Crippen molar-refractivity contribution >= 4 is 39.1 Å². The van der Waals surface area contributed by atoms with Gasteiger partial charge in [-0.05, 0) is 0 Å². The van der Waals surface area contributed by atoms with Gasteiger partial charge in [0.15, 0.2) is 0 Å². The Morgan fingerprint density at radius 2 is 1.70 bits per heavy atom. The van der Waals surface area contributed by atoms with E-state index in [-0.39, 0.29) is 5.41 Å². The van der Waals surface area contributed by atoms with Crippen LogP contribution in [0.4, 0.5) is 0 Å². The topological polar surface area (TPSA) is 0 Å². The molecule has 1 unspecified atom stereocenters. The second-order valence-corrected chi connectivity index (χ2v) is 6.33. The number of alkyl halides is 3. The lowest BCUT2D eigenvalue weighted by atomic mass is 10.1. The van der Waals surface area contributed by atoms with E-state index in [0.29, 0.717) is 10.7 Å². The molecule has 2 atom stereocenters. The normalized spacial score (nSPS) is 37.2. The maximum Gasteiger partial charge on any atom is 0.128 e. The van der Waals surface area contributed by atoms with Crippen molar-refractivity contribution in [2.75, 3.05) is 0 Å². The van der Waals surface area contributed by atoms with Crippen molar-refractivity contribution in [3.63, 3.8) is 0 Å². The van der Waals surface area contributed by atoms with Crippen LogP contribution in [0.3, 0.4) is 0 Å². The average Bonchev–Trinajstić information content (AvgIpc) is 1.97. The molecule has 0 aliphatic heterocycles. The zero-order valence-corrected chi connectivity index (χ0v) is 9.39. The Morgan fingerprint density at radius 3 is 1.70 bits per heavy atom. The van der Waals surface area contributed by atoms with Crippen molar-refractivity contribution < 1.29 is 0 Å². The minimum Gasteiger partial charge on any atom is -0.101 e. The highest BCUT2D eigenvalue weighted by molar-refractivity contribution is 9.09. The molecule has 0 radical (unpaired) electrons. The van der Waals surface area contributed by atoms with Gasteiger partial charge in [0.1, 0.15) is 4.33 Å². The predicted octanol–water partition coefficient (Wildman–Crippen LogP) is 3.60. The fourth-order valence-electron chi connectivity index (χ4n) is 1.56. The molecule has 0 aromatic heterocycles. The number of hydrogen-bond acceptors (Lipinski definition) is 0. The molecule has 0 aromatic carbocycles. The summed E-state index contributed by atoms with van der Waals surface area (Å²) in [6.45, 7) is 6.27. The maximum atomic E-state index is 6.03. The summed E-state index contributed by atoms with van der Waals surface area (Å²) in [5.74, 6) is 0.378. The van der Waals surface area contributed by atoms with Crippen LogP contribution >= 0.6 is 39.1 Å². The standard InChI is InChI=1S/C7H11BrCl2/c1-4(8)5-6(2,3)7(5,9)10/h4-5H,1-3H3/t4?,5-/m1/s1. The summed E-state index contributed by atoms with van der Waals surface area (Å²) < 4.78 is -0.518. The van der Waals surface area contributed by atoms with Crippen LogP contribution < -0.4 is 0 Å². The van der Waals surface area contributed by atoms with Crippen LogP contribution in [0, 0.1) is 11.3 Å². The summed E-state index contributed by atoms with van der Waals surface area (Å²) in [5.41, 5.74) is 0.0685. The highest BCUT2D eigenvalue weighted by Crippen LogP contribution is 2.70. The quantitative estimate of drug-likeness (QED) is 0.620. The summed E-state index contributed by atoms with van der Waals surface area (Å²) in [6.07, 6.45) is 0. The summed E-state index contributed by atoms with van der Waals surface area (Å²) in [7, 11) is 0. The second kappa shape index (κ2) is 2.27. The zero-order chi connectivity index (χ0) is 8.15. The van der Waals surface area contributed by atoms with Crippen LogP contribution in [0.2, 0.25) is 0 Å². The minimum absolute atomic E-state index is 0.0685. The Morgan fingerprint density at radius 1 is 1.40 bits per heavy atom. The molecule has 0 heterocycles. The SMILES string of the molecule is CC(Br)[C@@H]1C(C)(C)C1(Cl)Cl. The van der Waals surface area contributed by atoms with Crippen molar-refractivity contribution in [3.8, 4) is 0 Å². The van der Waals surface area contributed by atoms with E-state index in [1.807, 2.05) is 0 Å². The summed E-state index contributed by atoms with van der Waals surface area (Å²) in [4.78, 5) is 0.400. The van der Waals surface area contributed by atoms with Gasteiger partial charge in [-0.15, -0.1) is 23.2 Å². The third-order valence-corrected chi connectivity index (χ3v) is 4.38. The maximum absolute atomic E-state index is 6.03. The molecular formula is C7H11BrCl2. The molecular weight excluding hydrogens is 235 g/mol. The lowest BCUT2D eigenvalue weighted by Gasteiger charge is -2.01. The Hall–Kier alpha value is 1.06. The van der Waals surface area contributed by atoms with Crippen LogP contribution in [0.5, 0.6) is 0 Å². The monoisotopic (exact) mass is 244 g/mol. The Kier molecular flexibility index (Phi) is 2.08.